The highest BCUT2D eigenvalue weighted by Crippen LogP contribution is 2.54. The summed E-state index contributed by atoms with van der Waals surface area (Å²) in [7, 11) is 2.49. The molecule has 4 aliphatic rings. The monoisotopic (exact) mass is 714 g/mol. The molecule has 6 aromatic rings. The topological polar surface area (TPSA) is 3.24 Å². The first-order valence-electron chi connectivity index (χ1n) is 20.6. The minimum Gasteiger partial charge on any atom is -0.311 e. The van der Waals surface area contributed by atoms with E-state index in [2.05, 4.69) is 184 Å². The fourth-order valence-corrected chi connectivity index (χ4v) is 11.0. The van der Waals surface area contributed by atoms with Crippen LogP contribution in [0.4, 0.5) is 17.1 Å². The molecule has 2 heteroatoms. The molecule has 1 nitrogen and oxygen atoms in total. The van der Waals surface area contributed by atoms with E-state index >= 15 is 0 Å². The molecule has 2 aliphatic carbocycles. The fourth-order valence-electron chi connectivity index (χ4n) is 11.0. The summed E-state index contributed by atoms with van der Waals surface area (Å²) in [6.45, 7) is 21.6. The van der Waals surface area contributed by atoms with Crippen LogP contribution in [-0.2, 0) is 34.5 Å². The van der Waals surface area contributed by atoms with Crippen LogP contribution in [0, 0.1) is 6.92 Å². The van der Waals surface area contributed by atoms with Crippen molar-refractivity contribution in [3.8, 4) is 22.3 Å². The van der Waals surface area contributed by atoms with Crippen LogP contribution in [0.5, 0.6) is 0 Å². The van der Waals surface area contributed by atoms with Crippen LogP contribution in [0.15, 0.2) is 109 Å². The lowest BCUT2D eigenvalue weighted by Crippen LogP contribution is -2.45. The van der Waals surface area contributed by atoms with Crippen molar-refractivity contribution in [1.82, 2.24) is 0 Å². The van der Waals surface area contributed by atoms with Crippen molar-refractivity contribution in [3.05, 3.63) is 159 Å². The maximum atomic E-state index is 2.59. The molecule has 2 aliphatic heterocycles. The number of aryl methyl sites for hydroxylation is 3. The standard InChI is InChI=1S/C53H53BN/c1-32-27-38(48-47(28-32)55-46-20-13-12-17-41(46)53(8,9)42-18-14-19-45(54-48)49(42)55)36-31-43-37(35-15-10-11-16-39(35)52(43,6)7)30-34(36)23-21-33-22-24-40-44(29-33)51(4,5)26-25-50(40,2)3/h10-20,22,24,27-31H,21,23,25-26H2,1-9H3. The van der Waals surface area contributed by atoms with Crippen molar-refractivity contribution in [3.63, 3.8) is 0 Å². The summed E-state index contributed by atoms with van der Waals surface area (Å²) in [5.74, 6) is 0. The van der Waals surface area contributed by atoms with Gasteiger partial charge in [-0.05, 0) is 134 Å². The first-order chi connectivity index (χ1) is 26.2. The van der Waals surface area contributed by atoms with Gasteiger partial charge in [0.2, 0.25) is 0 Å². The molecule has 10 rings (SSSR count). The van der Waals surface area contributed by atoms with Crippen LogP contribution in [0.3, 0.4) is 0 Å². The highest BCUT2D eigenvalue weighted by Gasteiger charge is 2.42. The number of para-hydroxylation sites is 2. The first kappa shape index (κ1) is 34.7. The van der Waals surface area contributed by atoms with E-state index in [9.17, 15) is 0 Å². The maximum Gasteiger partial charge on any atom is 0.197 e. The van der Waals surface area contributed by atoms with Crippen molar-refractivity contribution >= 4 is 35.3 Å². The van der Waals surface area contributed by atoms with E-state index in [1.807, 2.05) is 0 Å². The van der Waals surface area contributed by atoms with Gasteiger partial charge < -0.3 is 4.90 Å². The molecule has 0 unspecified atom stereocenters. The van der Waals surface area contributed by atoms with Gasteiger partial charge in [-0.1, -0.05) is 157 Å². The Morgan fingerprint density at radius 2 is 1.20 bits per heavy atom. The van der Waals surface area contributed by atoms with Crippen molar-refractivity contribution in [2.45, 2.75) is 110 Å². The number of rotatable bonds is 4. The van der Waals surface area contributed by atoms with Gasteiger partial charge in [0, 0.05) is 22.2 Å². The van der Waals surface area contributed by atoms with E-state index in [4.69, 9.17) is 0 Å². The third-order valence-corrected chi connectivity index (χ3v) is 14.3. The minimum atomic E-state index is -0.0914. The maximum absolute atomic E-state index is 2.59. The second-order valence-electron chi connectivity index (χ2n) is 19.5. The molecule has 2 heterocycles. The summed E-state index contributed by atoms with van der Waals surface area (Å²) in [5, 5.41) is 0. The highest BCUT2D eigenvalue weighted by atomic mass is 15.2. The SMILES string of the molecule is Cc1cc(-c2cc3c(cc2CCc2ccc4c(c2)C(C)(C)CCC4(C)C)-c2ccccc2C3(C)C)c2c(c1)N1c3ccccc3C(C)(C)c3cccc(c31)[B]2. The second-order valence-corrected chi connectivity index (χ2v) is 19.5. The normalized spacial score (nSPS) is 18.2. The van der Waals surface area contributed by atoms with Gasteiger partial charge in [-0.2, -0.15) is 0 Å². The predicted octanol–water partition coefficient (Wildman–Crippen LogP) is 12.2. The van der Waals surface area contributed by atoms with Gasteiger partial charge >= 0.3 is 0 Å². The van der Waals surface area contributed by atoms with Crippen LogP contribution in [0.25, 0.3) is 22.3 Å². The van der Waals surface area contributed by atoms with E-state index in [1.165, 1.54) is 108 Å². The summed E-state index contributed by atoms with van der Waals surface area (Å²) in [4.78, 5) is 2.58. The Kier molecular flexibility index (Phi) is 7.32. The lowest BCUT2D eigenvalue weighted by Gasteiger charge is -2.46. The first-order valence-corrected chi connectivity index (χ1v) is 20.6. The van der Waals surface area contributed by atoms with Gasteiger partial charge in [-0.3, -0.25) is 0 Å². The quantitative estimate of drug-likeness (QED) is 0.164. The minimum absolute atomic E-state index is 0.0808. The zero-order chi connectivity index (χ0) is 38.2. The third kappa shape index (κ3) is 4.99. The van der Waals surface area contributed by atoms with Gasteiger partial charge in [0.15, 0.2) is 7.28 Å². The smallest absolute Gasteiger partial charge is 0.197 e. The molecule has 273 valence electrons. The van der Waals surface area contributed by atoms with Gasteiger partial charge in [-0.25, -0.2) is 0 Å². The molecule has 0 bridgehead atoms. The van der Waals surface area contributed by atoms with Crippen molar-refractivity contribution in [2.24, 2.45) is 0 Å². The summed E-state index contributed by atoms with van der Waals surface area (Å²) in [6, 6.07) is 42.6. The van der Waals surface area contributed by atoms with Crippen LogP contribution >= 0.6 is 0 Å². The molecular weight excluding hydrogens is 661 g/mol. The number of hydrogen-bond donors (Lipinski definition) is 0. The molecule has 55 heavy (non-hydrogen) atoms. The molecule has 0 atom stereocenters. The van der Waals surface area contributed by atoms with Crippen LogP contribution in [-0.4, -0.2) is 7.28 Å². The molecule has 6 aromatic carbocycles. The largest absolute Gasteiger partial charge is 0.311 e. The zero-order valence-corrected chi connectivity index (χ0v) is 34.2. The molecule has 0 saturated carbocycles. The van der Waals surface area contributed by atoms with Crippen molar-refractivity contribution < 1.29 is 0 Å². The molecular formula is C53H53BN. The fraction of sp³-hybridized carbons (Fsp3) is 0.321. The van der Waals surface area contributed by atoms with Crippen LogP contribution in [0.2, 0.25) is 0 Å². The molecule has 0 N–H and O–H groups in total. The molecule has 0 spiro atoms. The zero-order valence-electron chi connectivity index (χ0n) is 34.2. The number of benzene rings is 6. The van der Waals surface area contributed by atoms with Crippen molar-refractivity contribution in [2.75, 3.05) is 4.90 Å². The van der Waals surface area contributed by atoms with Gasteiger partial charge in [-0.15, -0.1) is 0 Å². The Hall–Kier alpha value is -4.82. The molecule has 0 aromatic heterocycles. The lowest BCUT2D eigenvalue weighted by molar-refractivity contribution is 0.331. The van der Waals surface area contributed by atoms with E-state index in [1.54, 1.807) is 5.56 Å². The lowest BCUT2D eigenvalue weighted by atomic mass is 9.55. The Morgan fingerprint density at radius 1 is 0.509 bits per heavy atom. The summed E-state index contributed by atoms with van der Waals surface area (Å²) >= 11 is 0. The highest BCUT2D eigenvalue weighted by molar-refractivity contribution is 6.73. The third-order valence-electron chi connectivity index (χ3n) is 14.3. The predicted molar refractivity (Wildman–Crippen MR) is 235 cm³/mol. The average Bonchev–Trinajstić information content (AvgIpc) is 3.39. The Bertz CT molecular complexity index is 2600. The molecule has 0 amide bonds. The number of anilines is 3. The van der Waals surface area contributed by atoms with Gasteiger partial charge in [0.05, 0.1) is 5.69 Å². The number of fused-ring (bicyclic) bond motifs is 8. The summed E-state index contributed by atoms with van der Waals surface area (Å²) < 4.78 is 0. The van der Waals surface area contributed by atoms with Crippen LogP contribution in [0.1, 0.15) is 118 Å². The van der Waals surface area contributed by atoms with Gasteiger partial charge in [0.25, 0.3) is 0 Å². The Labute approximate surface area is 330 Å². The molecule has 0 saturated heterocycles. The van der Waals surface area contributed by atoms with E-state index in [0.29, 0.717) is 0 Å². The van der Waals surface area contributed by atoms with E-state index in [-0.39, 0.29) is 21.7 Å². The second kappa shape index (κ2) is 11.6. The van der Waals surface area contributed by atoms with E-state index < -0.39 is 0 Å². The molecule has 0 fully saturated rings. The van der Waals surface area contributed by atoms with Gasteiger partial charge in [0.1, 0.15) is 0 Å². The van der Waals surface area contributed by atoms with Crippen LogP contribution < -0.4 is 15.8 Å². The van der Waals surface area contributed by atoms with E-state index in [0.717, 1.165) is 12.8 Å². The summed E-state index contributed by atoms with van der Waals surface area (Å²) in [6.07, 6.45) is 4.48. The number of hydrogen-bond acceptors (Lipinski definition) is 1. The average molecular weight is 715 g/mol. The Morgan fingerprint density at radius 3 is 2.00 bits per heavy atom. The number of nitrogens with zero attached hydrogens (tertiary/aromatic N) is 1. The van der Waals surface area contributed by atoms with Crippen molar-refractivity contribution in [1.29, 1.82) is 0 Å². The molecule has 1 radical (unpaired) electrons. The Balaban J connectivity index is 1.16. The summed E-state index contributed by atoms with van der Waals surface area (Å²) in [5.41, 5.74) is 25.2.